The van der Waals surface area contributed by atoms with E-state index in [2.05, 4.69) is 32.5 Å². The molecule has 4 heteroatoms. The van der Waals surface area contributed by atoms with Crippen molar-refractivity contribution in [3.63, 3.8) is 0 Å². The summed E-state index contributed by atoms with van der Waals surface area (Å²) in [5, 5.41) is -0.226. The van der Waals surface area contributed by atoms with Crippen molar-refractivity contribution < 1.29 is 9.53 Å². The van der Waals surface area contributed by atoms with Gasteiger partial charge in [-0.2, -0.15) is 0 Å². The summed E-state index contributed by atoms with van der Waals surface area (Å²) in [4.78, 5) is 12.8. The molecule has 0 aromatic heterocycles. The van der Waals surface area contributed by atoms with Crippen LogP contribution >= 0.6 is 12.6 Å². The van der Waals surface area contributed by atoms with E-state index >= 15 is 0 Å². The van der Waals surface area contributed by atoms with Gasteiger partial charge in [0.2, 0.25) is 0 Å². The van der Waals surface area contributed by atoms with E-state index in [0.29, 0.717) is 12.5 Å². The lowest BCUT2D eigenvalue weighted by atomic mass is 9.96. The molecule has 1 aromatic rings. The lowest BCUT2D eigenvalue weighted by molar-refractivity contribution is 0.232. The van der Waals surface area contributed by atoms with Gasteiger partial charge >= 0.3 is 0 Å². The number of benzene rings is 1. The SMILES string of the molecule is COc1cc(C)c(CN(C)C(=O)S)cc1C(C)C. The summed E-state index contributed by atoms with van der Waals surface area (Å²) in [5.41, 5.74) is 3.42. The Morgan fingerprint density at radius 3 is 2.50 bits per heavy atom. The Hall–Kier alpha value is -1.16. The van der Waals surface area contributed by atoms with Crippen LogP contribution < -0.4 is 4.74 Å². The predicted octanol–water partition coefficient (Wildman–Crippen LogP) is 3.61. The van der Waals surface area contributed by atoms with E-state index in [-0.39, 0.29) is 5.24 Å². The molecule has 18 heavy (non-hydrogen) atoms. The first-order chi connectivity index (χ1) is 8.36. The Bertz CT molecular complexity index is 444. The topological polar surface area (TPSA) is 29.5 Å². The number of rotatable bonds is 4. The molecular formula is C14H21NO2S. The van der Waals surface area contributed by atoms with Crippen molar-refractivity contribution in [3.05, 3.63) is 28.8 Å². The molecule has 100 valence electrons. The van der Waals surface area contributed by atoms with Crippen LogP contribution in [0.4, 0.5) is 4.79 Å². The van der Waals surface area contributed by atoms with Gasteiger partial charge in [0, 0.05) is 13.6 Å². The molecule has 1 amide bonds. The van der Waals surface area contributed by atoms with Gasteiger partial charge in [0.15, 0.2) is 0 Å². The summed E-state index contributed by atoms with van der Waals surface area (Å²) in [6, 6.07) is 4.15. The molecule has 0 aliphatic carbocycles. The van der Waals surface area contributed by atoms with Crippen molar-refractivity contribution in [3.8, 4) is 5.75 Å². The Morgan fingerprint density at radius 2 is 2.06 bits per heavy atom. The fraction of sp³-hybridized carbons (Fsp3) is 0.500. The molecule has 0 saturated heterocycles. The normalized spacial score (nSPS) is 10.6. The minimum absolute atomic E-state index is 0.226. The molecule has 0 spiro atoms. The number of ether oxygens (including phenoxy) is 1. The van der Waals surface area contributed by atoms with E-state index in [9.17, 15) is 4.79 Å². The number of hydrogen-bond donors (Lipinski definition) is 1. The fourth-order valence-electron chi connectivity index (χ4n) is 1.87. The van der Waals surface area contributed by atoms with Crippen LogP contribution in [0.3, 0.4) is 0 Å². The minimum atomic E-state index is -0.226. The van der Waals surface area contributed by atoms with Crippen LogP contribution in [0.5, 0.6) is 5.75 Å². The van der Waals surface area contributed by atoms with Crippen molar-refractivity contribution in [1.82, 2.24) is 4.90 Å². The highest BCUT2D eigenvalue weighted by Crippen LogP contribution is 2.30. The van der Waals surface area contributed by atoms with E-state index < -0.39 is 0 Å². The number of thiol groups is 1. The van der Waals surface area contributed by atoms with Crippen molar-refractivity contribution >= 4 is 17.9 Å². The van der Waals surface area contributed by atoms with Crippen LogP contribution in [-0.4, -0.2) is 24.3 Å². The quantitative estimate of drug-likeness (QED) is 0.845. The third-order valence-electron chi connectivity index (χ3n) is 3.04. The number of hydrogen-bond acceptors (Lipinski definition) is 2. The van der Waals surface area contributed by atoms with Gasteiger partial charge in [-0.3, -0.25) is 4.79 Å². The van der Waals surface area contributed by atoms with Gasteiger partial charge in [0.1, 0.15) is 5.75 Å². The van der Waals surface area contributed by atoms with E-state index in [1.54, 1.807) is 19.1 Å². The Labute approximate surface area is 115 Å². The molecular weight excluding hydrogens is 246 g/mol. The molecule has 0 fully saturated rings. The summed E-state index contributed by atoms with van der Waals surface area (Å²) >= 11 is 3.82. The highest BCUT2D eigenvalue weighted by Gasteiger charge is 2.13. The summed E-state index contributed by atoms with van der Waals surface area (Å²) in [7, 11) is 3.43. The molecule has 1 rings (SSSR count). The van der Waals surface area contributed by atoms with Crippen molar-refractivity contribution in [1.29, 1.82) is 0 Å². The zero-order valence-electron chi connectivity index (χ0n) is 11.7. The van der Waals surface area contributed by atoms with Crippen molar-refractivity contribution in [2.75, 3.05) is 14.2 Å². The number of carbonyl (C=O) groups excluding carboxylic acids is 1. The third kappa shape index (κ3) is 3.42. The van der Waals surface area contributed by atoms with Crippen LogP contribution in [0.25, 0.3) is 0 Å². The molecule has 0 saturated carbocycles. The zero-order valence-corrected chi connectivity index (χ0v) is 12.5. The third-order valence-corrected chi connectivity index (χ3v) is 3.39. The van der Waals surface area contributed by atoms with Crippen LogP contribution in [-0.2, 0) is 6.54 Å². The molecule has 1 aromatic carbocycles. The standard InChI is InChI=1S/C14H21NO2S/c1-9(2)12-7-11(8-15(4)14(16)18)10(3)6-13(12)17-5/h6-7,9H,8H2,1-5H3,(H,16,18). The first-order valence-electron chi connectivity index (χ1n) is 5.98. The molecule has 3 nitrogen and oxygen atoms in total. The first kappa shape index (κ1) is 14.9. The van der Waals surface area contributed by atoms with Gasteiger partial charge < -0.3 is 9.64 Å². The molecule has 0 heterocycles. The molecule has 0 aliphatic heterocycles. The summed E-state index contributed by atoms with van der Waals surface area (Å²) < 4.78 is 5.40. The molecule has 0 bridgehead atoms. The van der Waals surface area contributed by atoms with Crippen LogP contribution in [0, 0.1) is 6.92 Å². The monoisotopic (exact) mass is 267 g/mol. The second kappa shape index (κ2) is 6.14. The van der Waals surface area contributed by atoms with Crippen molar-refractivity contribution in [2.24, 2.45) is 0 Å². The summed E-state index contributed by atoms with van der Waals surface area (Å²) in [6.07, 6.45) is 0. The maximum atomic E-state index is 11.2. The highest BCUT2D eigenvalue weighted by atomic mass is 32.1. The maximum absolute atomic E-state index is 11.2. The molecule has 0 unspecified atom stereocenters. The van der Waals surface area contributed by atoms with Crippen LogP contribution in [0.2, 0.25) is 0 Å². The van der Waals surface area contributed by atoms with Crippen LogP contribution in [0.15, 0.2) is 12.1 Å². The first-order valence-corrected chi connectivity index (χ1v) is 6.43. The number of aryl methyl sites for hydroxylation is 1. The average molecular weight is 267 g/mol. The number of carbonyl (C=O) groups is 1. The smallest absolute Gasteiger partial charge is 0.278 e. The van der Waals surface area contributed by atoms with Gasteiger partial charge in [-0.15, -0.1) is 0 Å². The second-order valence-electron chi connectivity index (χ2n) is 4.81. The molecule has 0 aliphatic rings. The van der Waals surface area contributed by atoms with E-state index in [4.69, 9.17) is 4.74 Å². The van der Waals surface area contributed by atoms with Gasteiger partial charge in [0.05, 0.1) is 7.11 Å². The second-order valence-corrected chi connectivity index (χ2v) is 5.20. The number of amides is 1. The highest BCUT2D eigenvalue weighted by molar-refractivity contribution is 7.96. The zero-order chi connectivity index (χ0) is 13.9. The Balaban J connectivity index is 3.13. The molecule has 0 atom stereocenters. The Kier molecular flexibility index (Phi) is 5.08. The largest absolute Gasteiger partial charge is 0.496 e. The lowest BCUT2D eigenvalue weighted by Gasteiger charge is -2.19. The fourth-order valence-corrected chi connectivity index (χ4v) is 1.94. The summed E-state index contributed by atoms with van der Waals surface area (Å²) in [6.45, 7) is 6.85. The summed E-state index contributed by atoms with van der Waals surface area (Å²) in [5.74, 6) is 1.29. The van der Waals surface area contributed by atoms with Crippen molar-refractivity contribution in [2.45, 2.75) is 33.2 Å². The Morgan fingerprint density at radius 1 is 1.44 bits per heavy atom. The van der Waals surface area contributed by atoms with Gasteiger partial charge in [-0.1, -0.05) is 26.5 Å². The van der Waals surface area contributed by atoms with E-state index in [1.165, 1.54) is 0 Å². The number of methoxy groups -OCH3 is 1. The van der Waals surface area contributed by atoms with E-state index in [1.807, 2.05) is 13.0 Å². The lowest BCUT2D eigenvalue weighted by Crippen LogP contribution is -2.21. The van der Waals surface area contributed by atoms with E-state index in [0.717, 1.165) is 22.4 Å². The average Bonchev–Trinajstić information content (AvgIpc) is 2.30. The molecule has 0 N–H and O–H groups in total. The maximum Gasteiger partial charge on any atom is 0.278 e. The minimum Gasteiger partial charge on any atom is -0.496 e. The van der Waals surface area contributed by atoms with Crippen LogP contribution in [0.1, 0.15) is 36.5 Å². The predicted molar refractivity (Wildman–Crippen MR) is 77.7 cm³/mol. The van der Waals surface area contributed by atoms with Gasteiger partial charge in [-0.25, -0.2) is 0 Å². The van der Waals surface area contributed by atoms with Gasteiger partial charge in [-0.05, 0) is 41.7 Å². The number of nitrogens with zero attached hydrogens (tertiary/aromatic N) is 1. The van der Waals surface area contributed by atoms with Gasteiger partial charge in [0.25, 0.3) is 5.24 Å². The molecule has 0 radical (unpaired) electrons.